The molecular formula is C22H22N6O4. The largest absolute Gasteiger partial charge is 0.497 e. The summed E-state index contributed by atoms with van der Waals surface area (Å²) >= 11 is 0. The number of aromatic nitrogens is 4. The van der Waals surface area contributed by atoms with Crippen LogP contribution in [-0.2, 0) is 13.6 Å². The summed E-state index contributed by atoms with van der Waals surface area (Å²) in [6.07, 6.45) is 1.56. The molecule has 4 aromatic rings. The molecule has 0 aliphatic rings. The summed E-state index contributed by atoms with van der Waals surface area (Å²) in [7, 11) is 3.25. The molecule has 0 saturated carbocycles. The van der Waals surface area contributed by atoms with Crippen LogP contribution in [0.25, 0.3) is 11.3 Å². The van der Waals surface area contributed by atoms with Gasteiger partial charge in [-0.15, -0.1) is 0 Å². The number of hydrogen-bond donors (Lipinski definition) is 1. The topological polar surface area (TPSA) is 117 Å². The number of nitrogens with zero attached hydrogens (tertiary/aromatic N) is 5. The average Bonchev–Trinajstić information content (AvgIpc) is 3.04. The first kappa shape index (κ1) is 21.0. The maximum atomic E-state index is 12.8. The molecule has 1 unspecified atom stereocenters. The summed E-state index contributed by atoms with van der Waals surface area (Å²) in [5.74, 6) is 1.21. The summed E-state index contributed by atoms with van der Waals surface area (Å²) in [5.41, 5.74) is 2.40. The SMILES string of the molecule is COc1ccc(Cn2c(=O)n(C)c3nc(NC(C)c4cccc([N+](=O)[O-])c4)cnc32)cc1. The molecule has 0 aliphatic heterocycles. The quantitative estimate of drug-likeness (QED) is 0.350. The van der Waals surface area contributed by atoms with E-state index in [0.717, 1.165) is 16.9 Å². The Bertz CT molecular complexity index is 1340. The first-order chi connectivity index (χ1) is 15.4. The minimum Gasteiger partial charge on any atom is -0.497 e. The van der Waals surface area contributed by atoms with Gasteiger partial charge in [-0.1, -0.05) is 24.3 Å². The van der Waals surface area contributed by atoms with Gasteiger partial charge in [-0.25, -0.2) is 14.8 Å². The molecule has 0 radical (unpaired) electrons. The number of hydrogen-bond acceptors (Lipinski definition) is 7. The van der Waals surface area contributed by atoms with E-state index in [4.69, 9.17) is 4.74 Å². The fourth-order valence-electron chi connectivity index (χ4n) is 3.49. The highest BCUT2D eigenvalue weighted by atomic mass is 16.6. The predicted molar refractivity (Wildman–Crippen MR) is 120 cm³/mol. The van der Waals surface area contributed by atoms with Crippen LogP contribution in [0, 0.1) is 10.1 Å². The zero-order chi connectivity index (χ0) is 22.8. The van der Waals surface area contributed by atoms with Gasteiger partial charge in [-0.3, -0.25) is 19.2 Å². The number of ether oxygens (including phenoxy) is 1. The third-order valence-corrected chi connectivity index (χ3v) is 5.27. The highest BCUT2D eigenvalue weighted by Crippen LogP contribution is 2.23. The normalized spacial score (nSPS) is 12.0. The van der Waals surface area contributed by atoms with Crippen LogP contribution in [0.2, 0.25) is 0 Å². The highest BCUT2D eigenvalue weighted by molar-refractivity contribution is 5.68. The average molecular weight is 434 g/mol. The molecule has 1 N–H and O–H groups in total. The van der Waals surface area contributed by atoms with Crippen molar-refractivity contribution in [1.82, 2.24) is 19.1 Å². The predicted octanol–water partition coefficient (Wildman–Crippen LogP) is 3.27. The molecule has 0 fully saturated rings. The molecule has 10 heteroatoms. The Morgan fingerprint density at radius 2 is 1.94 bits per heavy atom. The Labute approximate surface area is 183 Å². The van der Waals surface area contributed by atoms with Crippen molar-refractivity contribution >= 4 is 22.8 Å². The Morgan fingerprint density at radius 1 is 1.19 bits per heavy atom. The fraction of sp³-hybridized carbons (Fsp3) is 0.227. The van der Waals surface area contributed by atoms with E-state index < -0.39 is 4.92 Å². The number of nitro groups is 1. The van der Waals surface area contributed by atoms with Gasteiger partial charge < -0.3 is 10.1 Å². The van der Waals surface area contributed by atoms with Crippen LogP contribution < -0.4 is 15.7 Å². The second-order valence-electron chi connectivity index (χ2n) is 7.40. The smallest absolute Gasteiger partial charge is 0.331 e. The number of rotatable bonds is 7. The van der Waals surface area contributed by atoms with Gasteiger partial charge in [0.15, 0.2) is 11.3 Å². The second-order valence-corrected chi connectivity index (χ2v) is 7.40. The van der Waals surface area contributed by atoms with E-state index in [2.05, 4.69) is 15.3 Å². The molecule has 0 spiro atoms. The lowest BCUT2D eigenvalue weighted by molar-refractivity contribution is -0.384. The van der Waals surface area contributed by atoms with E-state index in [1.54, 1.807) is 37.1 Å². The van der Waals surface area contributed by atoms with Crippen molar-refractivity contribution in [3.05, 3.63) is 86.5 Å². The first-order valence-electron chi connectivity index (χ1n) is 9.93. The number of fused-ring (bicyclic) bond motifs is 1. The van der Waals surface area contributed by atoms with Crippen molar-refractivity contribution in [3.8, 4) is 5.75 Å². The number of non-ortho nitro benzene ring substituents is 1. The molecule has 0 saturated heterocycles. The van der Waals surface area contributed by atoms with Crippen LogP contribution in [0.3, 0.4) is 0 Å². The molecule has 2 aromatic heterocycles. The van der Waals surface area contributed by atoms with Crippen LogP contribution in [0.5, 0.6) is 5.75 Å². The number of imidazole rings is 1. The minimum absolute atomic E-state index is 0.0238. The van der Waals surface area contributed by atoms with Gasteiger partial charge in [0.05, 0.1) is 30.8 Å². The van der Waals surface area contributed by atoms with Gasteiger partial charge in [-0.05, 0) is 30.2 Å². The van der Waals surface area contributed by atoms with Crippen molar-refractivity contribution in [1.29, 1.82) is 0 Å². The second kappa shape index (κ2) is 8.50. The summed E-state index contributed by atoms with van der Waals surface area (Å²) < 4.78 is 8.20. The number of nitro benzene ring substituents is 1. The standard InChI is InChI=1S/C22H22N6O4/c1-14(16-5-4-6-17(11-16)28(30)31)24-19-12-23-20-21(25-19)26(2)22(29)27(20)13-15-7-9-18(32-3)10-8-15/h4-12,14H,13H2,1-3H3,(H,24,25). The van der Waals surface area contributed by atoms with Crippen molar-refractivity contribution in [2.24, 2.45) is 7.05 Å². The Hall–Kier alpha value is -4.21. The molecule has 164 valence electrons. The molecular weight excluding hydrogens is 412 g/mol. The molecule has 0 amide bonds. The van der Waals surface area contributed by atoms with E-state index in [1.807, 2.05) is 31.2 Å². The monoisotopic (exact) mass is 434 g/mol. The Kier molecular flexibility index (Phi) is 5.59. The number of nitrogens with one attached hydrogen (secondary N) is 1. The lowest BCUT2D eigenvalue weighted by Gasteiger charge is -2.14. The van der Waals surface area contributed by atoms with Gasteiger partial charge >= 0.3 is 5.69 Å². The summed E-state index contributed by atoms with van der Waals surface area (Å²) in [4.78, 5) is 32.5. The maximum absolute atomic E-state index is 12.8. The number of anilines is 1. The van der Waals surface area contributed by atoms with E-state index in [0.29, 0.717) is 23.7 Å². The van der Waals surface area contributed by atoms with Crippen molar-refractivity contribution in [2.45, 2.75) is 19.5 Å². The zero-order valence-corrected chi connectivity index (χ0v) is 17.8. The molecule has 4 rings (SSSR count). The van der Waals surface area contributed by atoms with Gasteiger partial charge in [0.1, 0.15) is 11.6 Å². The summed E-state index contributed by atoms with van der Waals surface area (Å²) in [6, 6.07) is 13.6. The Morgan fingerprint density at radius 3 is 2.62 bits per heavy atom. The third kappa shape index (κ3) is 4.02. The van der Waals surface area contributed by atoms with E-state index in [-0.39, 0.29) is 17.4 Å². The lowest BCUT2D eigenvalue weighted by Crippen LogP contribution is -2.22. The first-order valence-corrected chi connectivity index (χ1v) is 9.93. The number of methoxy groups -OCH3 is 1. The zero-order valence-electron chi connectivity index (χ0n) is 17.8. The van der Waals surface area contributed by atoms with Gasteiger partial charge in [0.2, 0.25) is 0 Å². The van der Waals surface area contributed by atoms with Crippen molar-refractivity contribution in [2.75, 3.05) is 12.4 Å². The van der Waals surface area contributed by atoms with Crippen LogP contribution in [-0.4, -0.2) is 31.1 Å². The molecule has 2 aromatic carbocycles. The molecule has 10 nitrogen and oxygen atoms in total. The lowest BCUT2D eigenvalue weighted by atomic mass is 10.1. The molecule has 2 heterocycles. The third-order valence-electron chi connectivity index (χ3n) is 5.27. The van der Waals surface area contributed by atoms with E-state index >= 15 is 0 Å². The minimum atomic E-state index is -0.427. The molecule has 1 atom stereocenters. The van der Waals surface area contributed by atoms with Crippen LogP contribution in [0.1, 0.15) is 24.1 Å². The molecule has 32 heavy (non-hydrogen) atoms. The van der Waals surface area contributed by atoms with Gasteiger partial charge in [0.25, 0.3) is 5.69 Å². The van der Waals surface area contributed by atoms with Crippen LogP contribution in [0.4, 0.5) is 11.5 Å². The van der Waals surface area contributed by atoms with Crippen molar-refractivity contribution < 1.29 is 9.66 Å². The fourth-order valence-corrected chi connectivity index (χ4v) is 3.49. The van der Waals surface area contributed by atoms with E-state index in [1.165, 1.54) is 16.7 Å². The molecule has 0 bridgehead atoms. The van der Waals surface area contributed by atoms with Gasteiger partial charge in [0, 0.05) is 19.2 Å². The summed E-state index contributed by atoms with van der Waals surface area (Å²) in [5, 5.41) is 14.2. The Balaban J connectivity index is 1.62. The summed E-state index contributed by atoms with van der Waals surface area (Å²) in [6.45, 7) is 2.23. The molecule has 0 aliphatic carbocycles. The highest BCUT2D eigenvalue weighted by Gasteiger charge is 2.16. The maximum Gasteiger partial charge on any atom is 0.331 e. The number of aryl methyl sites for hydroxylation is 1. The van der Waals surface area contributed by atoms with Crippen LogP contribution >= 0.6 is 0 Å². The van der Waals surface area contributed by atoms with Crippen LogP contribution in [0.15, 0.2) is 59.5 Å². The van der Waals surface area contributed by atoms with Crippen molar-refractivity contribution in [3.63, 3.8) is 0 Å². The van der Waals surface area contributed by atoms with E-state index in [9.17, 15) is 14.9 Å². The number of benzene rings is 2. The van der Waals surface area contributed by atoms with Gasteiger partial charge in [-0.2, -0.15) is 0 Å².